The Bertz CT molecular complexity index is 1240. The molecule has 1 aliphatic carbocycles. The SMILES string of the molecule is Cc1cccc(CN(C(=O)Cc2ccccc2[N+](=O)[O-])[C@@H](Cc2ccccc2)C(=O)NC2CCCC2)c1. The van der Waals surface area contributed by atoms with E-state index in [1.165, 1.54) is 6.07 Å². The summed E-state index contributed by atoms with van der Waals surface area (Å²) < 4.78 is 0. The van der Waals surface area contributed by atoms with Gasteiger partial charge in [0.05, 0.1) is 11.3 Å². The standard InChI is InChI=1S/C30H33N3O4/c1-22-10-9-13-24(18-22)21-32(29(34)20-25-14-5-8-17-27(25)33(36)37)28(19-23-11-3-2-4-12-23)30(35)31-26-15-6-7-16-26/h2-5,8-14,17-18,26,28H,6-7,15-16,19-21H2,1H3,(H,31,35)/t28-/m0/s1. The number of nitro groups is 1. The molecule has 0 spiro atoms. The largest absolute Gasteiger partial charge is 0.352 e. The predicted molar refractivity (Wildman–Crippen MR) is 143 cm³/mol. The normalized spacial score (nSPS) is 14.2. The van der Waals surface area contributed by atoms with Gasteiger partial charge in [-0.1, -0.05) is 91.2 Å². The molecule has 0 bridgehead atoms. The predicted octanol–water partition coefficient (Wildman–Crippen LogP) is 5.14. The van der Waals surface area contributed by atoms with Gasteiger partial charge in [-0.25, -0.2) is 0 Å². The number of nitro benzene ring substituents is 1. The fourth-order valence-electron chi connectivity index (χ4n) is 5.03. The minimum atomic E-state index is -0.751. The van der Waals surface area contributed by atoms with E-state index >= 15 is 0 Å². The maximum absolute atomic E-state index is 13.9. The third-order valence-electron chi connectivity index (χ3n) is 6.94. The Balaban J connectivity index is 1.69. The van der Waals surface area contributed by atoms with Gasteiger partial charge < -0.3 is 10.2 Å². The highest BCUT2D eigenvalue weighted by Crippen LogP contribution is 2.23. The van der Waals surface area contributed by atoms with Gasteiger partial charge in [-0.15, -0.1) is 0 Å². The number of benzene rings is 3. The molecular formula is C30H33N3O4. The molecule has 1 saturated carbocycles. The topological polar surface area (TPSA) is 92.6 Å². The molecule has 3 aromatic carbocycles. The maximum atomic E-state index is 13.9. The van der Waals surface area contributed by atoms with Gasteiger partial charge in [0.2, 0.25) is 11.8 Å². The van der Waals surface area contributed by atoms with Crippen LogP contribution in [0.25, 0.3) is 0 Å². The van der Waals surface area contributed by atoms with Gasteiger partial charge >= 0.3 is 0 Å². The van der Waals surface area contributed by atoms with Crippen molar-refractivity contribution in [1.29, 1.82) is 0 Å². The Hall–Kier alpha value is -4.00. The Morgan fingerprint density at radius 3 is 2.35 bits per heavy atom. The number of carbonyl (C=O) groups excluding carboxylic acids is 2. The van der Waals surface area contributed by atoms with Crippen molar-refractivity contribution < 1.29 is 14.5 Å². The Morgan fingerprint density at radius 1 is 0.973 bits per heavy atom. The van der Waals surface area contributed by atoms with Crippen LogP contribution in [0.15, 0.2) is 78.9 Å². The van der Waals surface area contributed by atoms with Crippen molar-refractivity contribution in [2.24, 2.45) is 0 Å². The number of rotatable bonds is 10. The summed E-state index contributed by atoms with van der Waals surface area (Å²) in [6.45, 7) is 2.22. The van der Waals surface area contributed by atoms with Crippen LogP contribution in [0.1, 0.15) is 47.9 Å². The van der Waals surface area contributed by atoms with Crippen molar-refractivity contribution in [3.63, 3.8) is 0 Å². The molecule has 0 heterocycles. The molecule has 3 aromatic rings. The van der Waals surface area contributed by atoms with Gasteiger partial charge in [0.15, 0.2) is 0 Å². The molecule has 1 N–H and O–H groups in total. The van der Waals surface area contributed by atoms with E-state index in [-0.39, 0.29) is 36.5 Å². The Labute approximate surface area is 217 Å². The second-order valence-electron chi connectivity index (χ2n) is 9.77. The summed E-state index contributed by atoms with van der Waals surface area (Å²) in [6, 6.07) is 23.1. The first-order valence-electron chi connectivity index (χ1n) is 12.8. The van der Waals surface area contributed by atoms with Gasteiger partial charge in [0.25, 0.3) is 5.69 Å². The van der Waals surface area contributed by atoms with Crippen LogP contribution in [0, 0.1) is 17.0 Å². The van der Waals surface area contributed by atoms with E-state index in [4.69, 9.17) is 0 Å². The van der Waals surface area contributed by atoms with Crippen LogP contribution >= 0.6 is 0 Å². The number of carbonyl (C=O) groups is 2. The highest BCUT2D eigenvalue weighted by Gasteiger charge is 2.33. The molecular weight excluding hydrogens is 466 g/mol. The van der Waals surface area contributed by atoms with E-state index in [0.717, 1.165) is 42.4 Å². The number of nitrogens with one attached hydrogen (secondary N) is 1. The van der Waals surface area contributed by atoms with Gasteiger partial charge in [0.1, 0.15) is 6.04 Å². The Morgan fingerprint density at radius 2 is 1.65 bits per heavy atom. The number of amides is 2. The number of aryl methyl sites for hydroxylation is 1. The average Bonchev–Trinajstić information content (AvgIpc) is 3.40. The summed E-state index contributed by atoms with van der Waals surface area (Å²) in [5.74, 6) is -0.502. The smallest absolute Gasteiger partial charge is 0.273 e. The molecule has 1 fully saturated rings. The lowest BCUT2D eigenvalue weighted by atomic mass is 10.0. The molecule has 0 saturated heterocycles. The maximum Gasteiger partial charge on any atom is 0.273 e. The van der Waals surface area contributed by atoms with Crippen molar-refractivity contribution in [2.45, 2.75) is 64.1 Å². The van der Waals surface area contributed by atoms with Crippen LogP contribution in [-0.4, -0.2) is 33.7 Å². The van der Waals surface area contributed by atoms with Crippen molar-refractivity contribution in [2.75, 3.05) is 0 Å². The van der Waals surface area contributed by atoms with Crippen molar-refractivity contribution in [3.05, 3.63) is 111 Å². The van der Waals surface area contributed by atoms with Crippen LogP contribution < -0.4 is 5.32 Å². The number of hydrogen-bond acceptors (Lipinski definition) is 4. The number of para-hydroxylation sites is 1. The third kappa shape index (κ3) is 7.03. The summed E-state index contributed by atoms with van der Waals surface area (Å²) in [4.78, 5) is 40.3. The molecule has 4 rings (SSSR count). The van der Waals surface area contributed by atoms with Crippen LogP contribution in [0.2, 0.25) is 0 Å². The summed E-state index contributed by atoms with van der Waals surface area (Å²) in [6.07, 6.45) is 4.23. The van der Waals surface area contributed by atoms with E-state index in [0.29, 0.717) is 12.0 Å². The quantitative estimate of drug-likeness (QED) is 0.309. The molecule has 7 nitrogen and oxygen atoms in total. The van der Waals surface area contributed by atoms with Crippen LogP contribution in [0.5, 0.6) is 0 Å². The van der Waals surface area contributed by atoms with Crippen molar-refractivity contribution in [1.82, 2.24) is 10.2 Å². The molecule has 37 heavy (non-hydrogen) atoms. The van der Waals surface area contributed by atoms with E-state index in [1.807, 2.05) is 61.5 Å². The summed E-state index contributed by atoms with van der Waals surface area (Å²) in [7, 11) is 0. The zero-order chi connectivity index (χ0) is 26.2. The lowest BCUT2D eigenvalue weighted by Gasteiger charge is -2.32. The molecule has 0 unspecified atom stereocenters. The molecule has 0 radical (unpaired) electrons. The highest BCUT2D eigenvalue weighted by atomic mass is 16.6. The fraction of sp³-hybridized carbons (Fsp3) is 0.333. The fourth-order valence-corrected chi connectivity index (χ4v) is 5.03. The van der Waals surface area contributed by atoms with Crippen LogP contribution in [0.4, 0.5) is 5.69 Å². The van der Waals surface area contributed by atoms with Crippen molar-refractivity contribution in [3.8, 4) is 0 Å². The summed E-state index contributed by atoms with van der Waals surface area (Å²) >= 11 is 0. The first-order chi connectivity index (χ1) is 17.9. The molecule has 1 aliphatic rings. The zero-order valence-electron chi connectivity index (χ0n) is 21.1. The van der Waals surface area contributed by atoms with E-state index in [2.05, 4.69) is 5.32 Å². The zero-order valence-corrected chi connectivity index (χ0v) is 21.1. The van der Waals surface area contributed by atoms with E-state index in [9.17, 15) is 19.7 Å². The molecule has 2 amide bonds. The monoisotopic (exact) mass is 499 g/mol. The van der Waals surface area contributed by atoms with Crippen LogP contribution in [0.3, 0.4) is 0 Å². The number of hydrogen-bond donors (Lipinski definition) is 1. The van der Waals surface area contributed by atoms with E-state index < -0.39 is 11.0 Å². The first-order valence-corrected chi connectivity index (χ1v) is 12.8. The second kappa shape index (κ2) is 12.3. The average molecular weight is 500 g/mol. The highest BCUT2D eigenvalue weighted by molar-refractivity contribution is 5.89. The molecule has 0 aromatic heterocycles. The number of nitrogens with zero attached hydrogens (tertiary/aromatic N) is 2. The molecule has 7 heteroatoms. The Kier molecular flexibility index (Phi) is 8.67. The van der Waals surface area contributed by atoms with Gasteiger partial charge in [-0.3, -0.25) is 19.7 Å². The second-order valence-corrected chi connectivity index (χ2v) is 9.77. The van der Waals surface area contributed by atoms with Gasteiger partial charge in [-0.2, -0.15) is 0 Å². The molecule has 1 atom stereocenters. The lowest BCUT2D eigenvalue weighted by Crippen LogP contribution is -2.52. The third-order valence-corrected chi connectivity index (χ3v) is 6.94. The van der Waals surface area contributed by atoms with Gasteiger partial charge in [-0.05, 0) is 30.9 Å². The van der Waals surface area contributed by atoms with E-state index in [1.54, 1.807) is 23.1 Å². The minimum absolute atomic E-state index is 0.0960. The lowest BCUT2D eigenvalue weighted by molar-refractivity contribution is -0.385. The molecule has 0 aliphatic heterocycles. The van der Waals surface area contributed by atoms with Crippen LogP contribution in [-0.2, 0) is 29.0 Å². The summed E-state index contributed by atoms with van der Waals surface area (Å²) in [5.41, 5.74) is 3.14. The van der Waals surface area contributed by atoms with Gasteiger partial charge in [0, 0.05) is 30.6 Å². The minimum Gasteiger partial charge on any atom is -0.352 e. The van der Waals surface area contributed by atoms with Crippen molar-refractivity contribution >= 4 is 17.5 Å². The summed E-state index contributed by atoms with van der Waals surface area (Å²) in [5, 5.41) is 14.8. The molecule has 192 valence electrons. The first kappa shape index (κ1) is 26.1.